The SMILES string of the molecule is CNC(=O)c1cc(N2CCC(CNC3CC3)CC2)ccn1. The van der Waals surface area contributed by atoms with E-state index >= 15 is 0 Å². The van der Waals surface area contributed by atoms with E-state index in [1.165, 1.54) is 32.2 Å². The number of amides is 1. The molecule has 5 heteroatoms. The minimum absolute atomic E-state index is 0.125. The number of pyridine rings is 1. The standard InChI is InChI=1S/C16H24N4O/c1-17-16(21)15-10-14(4-7-18-15)20-8-5-12(6-9-20)11-19-13-2-3-13/h4,7,10,12-13,19H,2-3,5-6,8-9,11H2,1H3,(H,17,21). The molecule has 0 unspecified atom stereocenters. The molecule has 114 valence electrons. The van der Waals surface area contributed by atoms with Crippen LogP contribution in [0.2, 0.25) is 0 Å². The smallest absolute Gasteiger partial charge is 0.269 e. The summed E-state index contributed by atoms with van der Waals surface area (Å²) < 4.78 is 0. The quantitative estimate of drug-likeness (QED) is 0.860. The lowest BCUT2D eigenvalue weighted by atomic mass is 9.96. The molecule has 0 radical (unpaired) electrons. The van der Waals surface area contributed by atoms with E-state index in [1.54, 1.807) is 13.2 Å². The lowest BCUT2D eigenvalue weighted by Crippen LogP contribution is -2.37. The van der Waals surface area contributed by atoms with Gasteiger partial charge in [0.2, 0.25) is 0 Å². The minimum Gasteiger partial charge on any atom is -0.371 e. The number of piperidine rings is 1. The second-order valence-corrected chi connectivity index (χ2v) is 6.09. The number of carbonyl (C=O) groups excluding carboxylic acids is 1. The van der Waals surface area contributed by atoms with E-state index < -0.39 is 0 Å². The monoisotopic (exact) mass is 288 g/mol. The number of anilines is 1. The molecule has 1 aromatic rings. The molecule has 1 aliphatic carbocycles. The van der Waals surface area contributed by atoms with Crippen molar-refractivity contribution in [3.05, 3.63) is 24.0 Å². The van der Waals surface area contributed by atoms with E-state index in [0.717, 1.165) is 30.7 Å². The third kappa shape index (κ3) is 3.73. The predicted molar refractivity (Wildman–Crippen MR) is 83.6 cm³/mol. The molecule has 2 aliphatic rings. The Balaban J connectivity index is 1.54. The molecular formula is C16H24N4O. The maximum absolute atomic E-state index is 11.7. The zero-order valence-corrected chi connectivity index (χ0v) is 12.6. The van der Waals surface area contributed by atoms with Gasteiger partial charge in [0.15, 0.2) is 0 Å². The number of hydrogen-bond donors (Lipinski definition) is 2. The zero-order chi connectivity index (χ0) is 14.7. The largest absolute Gasteiger partial charge is 0.371 e. The van der Waals surface area contributed by atoms with Gasteiger partial charge in [0, 0.05) is 38.1 Å². The van der Waals surface area contributed by atoms with Crippen molar-refractivity contribution in [2.45, 2.75) is 31.7 Å². The Kier molecular flexibility index (Phi) is 4.39. The Morgan fingerprint density at radius 2 is 2.10 bits per heavy atom. The van der Waals surface area contributed by atoms with E-state index in [4.69, 9.17) is 0 Å². The molecule has 0 spiro atoms. The number of rotatable bonds is 5. The van der Waals surface area contributed by atoms with Gasteiger partial charge in [0.05, 0.1) is 0 Å². The molecule has 21 heavy (non-hydrogen) atoms. The number of nitrogens with zero attached hydrogens (tertiary/aromatic N) is 2. The highest BCUT2D eigenvalue weighted by Gasteiger charge is 2.24. The van der Waals surface area contributed by atoms with Crippen molar-refractivity contribution in [2.24, 2.45) is 5.92 Å². The molecule has 1 amide bonds. The van der Waals surface area contributed by atoms with E-state index in [2.05, 4.69) is 20.5 Å². The maximum atomic E-state index is 11.7. The number of carbonyl (C=O) groups is 1. The normalized spacial score (nSPS) is 19.6. The van der Waals surface area contributed by atoms with Gasteiger partial charge in [0.25, 0.3) is 5.91 Å². The fourth-order valence-corrected chi connectivity index (χ4v) is 2.88. The highest BCUT2D eigenvalue weighted by molar-refractivity contribution is 5.92. The summed E-state index contributed by atoms with van der Waals surface area (Å²) in [4.78, 5) is 18.1. The van der Waals surface area contributed by atoms with Crippen LogP contribution >= 0.6 is 0 Å². The molecule has 2 fully saturated rings. The predicted octanol–water partition coefficient (Wildman–Crippen LogP) is 1.41. The van der Waals surface area contributed by atoms with Crippen LogP contribution in [0.3, 0.4) is 0 Å². The van der Waals surface area contributed by atoms with E-state index in [9.17, 15) is 4.79 Å². The molecular weight excluding hydrogens is 264 g/mol. The average molecular weight is 288 g/mol. The summed E-state index contributed by atoms with van der Waals surface area (Å²) in [7, 11) is 1.63. The van der Waals surface area contributed by atoms with Crippen LogP contribution in [0.4, 0.5) is 5.69 Å². The summed E-state index contributed by atoms with van der Waals surface area (Å²) in [5, 5.41) is 6.25. The van der Waals surface area contributed by atoms with Gasteiger partial charge in [0.1, 0.15) is 5.69 Å². The van der Waals surface area contributed by atoms with Crippen LogP contribution in [0, 0.1) is 5.92 Å². The van der Waals surface area contributed by atoms with Crippen LogP contribution < -0.4 is 15.5 Å². The lowest BCUT2D eigenvalue weighted by molar-refractivity contribution is 0.0958. The Bertz CT molecular complexity index is 493. The molecule has 1 saturated heterocycles. The molecule has 1 aromatic heterocycles. The van der Waals surface area contributed by atoms with Crippen molar-refractivity contribution in [1.82, 2.24) is 15.6 Å². The van der Waals surface area contributed by atoms with Gasteiger partial charge in [-0.05, 0) is 50.3 Å². The third-order valence-corrected chi connectivity index (χ3v) is 4.46. The average Bonchev–Trinajstić information content (AvgIpc) is 3.37. The molecule has 0 aromatic carbocycles. The summed E-state index contributed by atoms with van der Waals surface area (Å²) in [6.45, 7) is 3.29. The second kappa shape index (κ2) is 6.43. The molecule has 1 aliphatic heterocycles. The maximum Gasteiger partial charge on any atom is 0.269 e. The summed E-state index contributed by atoms with van der Waals surface area (Å²) >= 11 is 0. The molecule has 2 heterocycles. The topological polar surface area (TPSA) is 57.3 Å². The van der Waals surface area contributed by atoms with Crippen molar-refractivity contribution in [3.63, 3.8) is 0 Å². The van der Waals surface area contributed by atoms with Crippen LogP contribution in [0.15, 0.2) is 18.3 Å². The molecule has 1 saturated carbocycles. The van der Waals surface area contributed by atoms with Gasteiger partial charge >= 0.3 is 0 Å². The third-order valence-electron chi connectivity index (χ3n) is 4.46. The number of aromatic nitrogens is 1. The van der Waals surface area contributed by atoms with Gasteiger partial charge < -0.3 is 15.5 Å². The van der Waals surface area contributed by atoms with Gasteiger partial charge in [-0.25, -0.2) is 0 Å². The first-order chi connectivity index (χ1) is 10.3. The van der Waals surface area contributed by atoms with Crippen LogP contribution in [-0.2, 0) is 0 Å². The Labute approximate surface area is 126 Å². The van der Waals surface area contributed by atoms with Crippen LogP contribution in [0.25, 0.3) is 0 Å². The molecule has 2 N–H and O–H groups in total. The van der Waals surface area contributed by atoms with Gasteiger partial charge in [-0.1, -0.05) is 0 Å². The summed E-state index contributed by atoms with van der Waals surface area (Å²) in [6, 6.07) is 4.69. The van der Waals surface area contributed by atoms with Crippen molar-refractivity contribution in [1.29, 1.82) is 0 Å². The highest BCUT2D eigenvalue weighted by atomic mass is 16.1. The summed E-state index contributed by atoms with van der Waals surface area (Å²) in [5.41, 5.74) is 1.60. The Morgan fingerprint density at radius 3 is 2.76 bits per heavy atom. The van der Waals surface area contributed by atoms with Crippen LogP contribution in [0.5, 0.6) is 0 Å². The van der Waals surface area contributed by atoms with E-state index in [1.807, 2.05) is 12.1 Å². The van der Waals surface area contributed by atoms with Crippen LogP contribution in [0.1, 0.15) is 36.2 Å². The second-order valence-electron chi connectivity index (χ2n) is 6.09. The zero-order valence-electron chi connectivity index (χ0n) is 12.6. The van der Waals surface area contributed by atoms with Crippen molar-refractivity contribution in [2.75, 3.05) is 31.6 Å². The highest BCUT2D eigenvalue weighted by Crippen LogP contribution is 2.25. The molecule has 0 atom stereocenters. The van der Waals surface area contributed by atoms with E-state index in [-0.39, 0.29) is 5.91 Å². The Morgan fingerprint density at radius 1 is 1.33 bits per heavy atom. The fraction of sp³-hybridized carbons (Fsp3) is 0.625. The van der Waals surface area contributed by atoms with Crippen molar-refractivity contribution < 1.29 is 4.79 Å². The van der Waals surface area contributed by atoms with Crippen molar-refractivity contribution >= 4 is 11.6 Å². The molecule has 0 bridgehead atoms. The number of hydrogen-bond acceptors (Lipinski definition) is 4. The molecule has 5 nitrogen and oxygen atoms in total. The van der Waals surface area contributed by atoms with Crippen LogP contribution in [-0.4, -0.2) is 43.6 Å². The molecule has 3 rings (SSSR count). The van der Waals surface area contributed by atoms with Gasteiger partial charge in [-0.2, -0.15) is 0 Å². The first-order valence-electron chi connectivity index (χ1n) is 7.92. The summed E-state index contributed by atoms with van der Waals surface area (Å²) in [6.07, 6.45) is 6.88. The summed E-state index contributed by atoms with van der Waals surface area (Å²) in [5.74, 6) is 0.669. The Hall–Kier alpha value is -1.62. The van der Waals surface area contributed by atoms with Gasteiger partial charge in [-0.3, -0.25) is 9.78 Å². The first kappa shape index (κ1) is 14.3. The van der Waals surface area contributed by atoms with Gasteiger partial charge in [-0.15, -0.1) is 0 Å². The fourth-order valence-electron chi connectivity index (χ4n) is 2.88. The van der Waals surface area contributed by atoms with E-state index in [0.29, 0.717) is 5.69 Å². The lowest BCUT2D eigenvalue weighted by Gasteiger charge is -2.33. The minimum atomic E-state index is -0.125. The van der Waals surface area contributed by atoms with Crippen molar-refractivity contribution in [3.8, 4) is 0 Å². The first-order valence-corrected chi connectivity index (χ1v) is 7.92. The number of nitrogens with one attached hydrogen (secondary N) is 2.